The summed E-state index contributed by atoms with van der Waals surface area (Å²) in [4.78, 5) is 22.4. The molecule has 1 amide bonds. The van der Waals surface area contributed by atoms with Crippen LogP contribution in [0.15, 0.2) is 18.3 Å². The number of nitrogens with zero attached hydrogens (tertiary/aromatic N) is 3. The second kappa shape index (κ2) is 7.66. The molecule has 1 aromatic rings. The van der Waals surface area contributed by atoms with E-state index in [1.807, 2.05) is 18.3 Å². The van der Waals surface area contributed by atoms with Gasteiger partial charge in [-0.25, -0.2) is 4.98 Å². The quantitative estimate of drug-likeness (QED) is 0.847. The highest BCUT2D eigenvalue weighted by Gasteiger charge is 2.44. The predicted octanol–water partition coefficient (Wildman–Crippen LogP) is 3.45. The van der Waals surface area contributed by atoms with E-state index >= 15 is 0 Å². The van der Waals surface area contributed by atoms with Crippen molar-refractivity contribution in [2.24, 2.45) is 11.8 Å². The van der Waals surface area contributed by atoms with E-state index < -0.39 is 0 Å². The van der Waals surface area contributed by atoms with Crippen LogP contribution in [-0.4, -0.2) is 53.6 Å². The average Bonchev–Trinajstić information content (AvgIpc) is 3.53. The number of pyridine rings is 1. The van der Waals surface area contributed by atoms with E-state index in [9.17, 15) is 4.79 Å². The van der Waals surface area contributed by atoms with Crippen molar-refractivity contribution in [3.8, 4) is 0 Å². The first-order chi connectivity index (χ1) is 13.7. The fourth-order valence-electron chi connectivity index (χ4n) is 5.97. The molecule has 0 radical (unpaired) electrons. The van der Waals surface area contributed by atoms with E-state index in [1.165, 1.54) is 45.1 Å². The van der Waals surface area contributed by atoms with Crippen molar-refractivity contribution in [3.63, 3.8) is 0 Å². The zero-order valence-electron chi connectivity index (χ0n) is 17.1. The van der Waals surface area contributed by atoms with Crippen molar-refractivity contribution in [3.05, 3.63) is 23.9 Å². The third kappa shape index (κ3) is 3.66. The van der Waals surface area contributed by atoms with Gasteiger partial charge in [0.25, 0.3) is 5.91 Å². The van der Waals surface area contributed by atoms with E-state index in [2.05, 4.69) is 27.0 Å². The molecule has 4 fully saturated rings. The maximum atomic E-state index is 12.4. The Balaban J connectivity index is 1.31. The number of fused-ring (bicyclic) bond motifs is 4. The van der Waals surface area contributed by atoms with Crippen molar-refractivity contribution in [2.75, 3.05) is 24.5 Å². The molecule has 4 atom stereocenters. The van der Waals surface area contributed by atoms with Crippen LogP contribution in [-0.2, 0) is 0 Å². The SMILES string of the molecule is CCC[C@H]1CCC[C@H]2[C@@H]3C[C@@H](CN(c4cc(C(=O)NC5CC5)ccn4)C3)CN12. The highest BCUT2D eigenvalue weighted by molar-refractivity contribution is 5.95. The van der Waals surface area contributed by atoms with Crippen LogP contribution in [0.25, 0.3) is 0 Å². The zero-order chi connectivity index (χ0) is 19.1. The molecule has 1 aliphatic carbocycles. The summed E-state index contributed by atoms with van der Waals surface area (Å²) in [6.07, 6.45) is 12.2. The van der Waals surface area contributed by atoms with Gasteiger partial charge >= 0.3 is 0 Å². The monoisotopic (exact) mass is 382 g/mol. The van der Waals surface area contributed by atoms with Gasteiger partial charge in [-0.15, -0.1) is 0 Å². The summed E-state index contributed by atoms with van der Waals surface area (Å²) < 4.78 is 0. The van der Waals surface area contributed by atoms with E-state index in [4.69, 9.17) is 0 Å². The molecule has 152 valence electrons. The molecule has 4 aliphatic rings. The second-order valence-electron chi connectivity index (χ2n) is 9.55. The van der Waals surface area contributed by atoms with Crippen LogP contribution in [0, 0.1) is 11.8 Å². The van der Waals surface area contributed by atoms with Gasteiger partial charge in [0.2, 0.25) is 0 Å². The first kappa shape index (κ1) is 18.4. The fraction of sp³-hybridized carbons (Fsp3) is 0.739. The Labute approximate surface area is 168 Å². The van der Waals surface area contributed by atoms with Crippen LogP contribution in [0.1, 0.15) is 68.6 Å². The first-order valence-electron chi connectivity index (χ1n) is 11.5. The lowest BCUT2D eigenvalue weighted by molar-refractivity contribution is -0.0216. The minimum Gasteiger partial charge on any atom is -0.356 e. The van der Waals surface area contributed by atoms with Crippen LogP contribution in [0.5, 0.6) is 0 Å². The van der Waals surface area contributed by atoms with Crippen LogP contribution >= 0.6 is 0 Å². The molecule has 2 bridgehead atoms. The summed E-state index contributed by atoms with van der Waals surface area (Å²) in [5.41, 5.74) is 0.759. The van der Waals surface area contributed by atoms with Gasteiger partial charge in [-0.3, -0.25) is 9.69 Å². The van der Waals surface area contributed by atoms with E-state index in [0.717, 1.165) is 61.2 Å². The number of carbonyl (C=O) groups is 1. The molecule has 28 heavy (non-hydrogen) atoms. The number of nitrogens with one attached hydrogen (secondary N) is 1. The molecule has 3 saturated heterocycles. The number of hydrogen-bond acceptors (Lipinski definition) is 4. The van der Waals surface area contributed by atoms with Crippen LogP contribution in [0.3, 0.4) is 0 Å². The zero-order valence-corrected chi connectivity index (χ0v) is 17.1. The summed E-state index contributed by atoms with van der Waals surface area (Å²) in [6.45, 7) is 5.76. The van der Waals surface area contributed by atoms with Gasteiger partial charge in [0.05, 0.1) is 0 Å². The fourth-order valence-corrected chi connectivity index (χ4v) is 5.97. The van der Waals surface area contributed by atoms with Gasteiger partial charge < -0.3 is 10.2 Å². The number of amides is 1. The number of hydrogen-bond donors (Lipinski definition) is 1. The van der Waals surface area contributed by atoms with Crippen molar-refractivity contribution in [2.45, 2.75) is 76.4 Å². The van der Waals surface area contributed by atoms with Crippen LogP contribution in [0.2, 0.25) is 0 Å². The molecule has 5 nitrogen and oxygen atoms in total. The van der Waals surface area contributed by atoms with Crippen molar-refractivity contribution in [1.29, 1.82) is 0 Å². The van der Waals surface area contributed by atoms with Gasteiger partial charge in [-0.2, -0.15) is 0 Å². The van der Waals surface area contributed by atoms with Crippen molar-refractivity contribution in [1.82, 2.24) is 15.2 Å². The number of rotatable bonds is 5. The smallest absolute Gasteiger partial charge is 0.251 e. The third-order valence-electron chi connectivity index (χ3n) is 7.38. The van der Waals surface area contributed by atoms with Gasteiger partial charge in [0.15, 0.2) is 0 Å². The number of piperidine rings is 3. The average molecular weight is 383 g/mol. The van der Waals surface area contributed by atoms with E-state index in [-0.39, 0.29) is 5.91 Å². The summed E-state index contributed by atoms with van der Waals surface area (Å²) in [6, 6.07) is 5.83. The molecule has 0 aromatic carbocycles. The normalized spacial score (nSPS) is 32.7. The molecule has 1 saturated carbocycles. The molecule has 1 aromatic heterocycles. The Bertz CT molecular complexity index is 716. The van der Waals surface area contributed by atoms with Crippen LogP contribution in [0.4, 0.5) is 5.82 Å². The summed E-state index contributed by atoms with van der Waals surface area (Å²) in [5, 5.41) is 3.10. The molecule has 3 aliphatic heterocycles. The minimum absolute atomic E-state index is 0.0595. The molecule has 0 spiro atoms. The maximum absolute atomic E-state index is 12.4. The second-order valence-corrected chi connectivity index (χ2v) is 9.55. The lowest BCUT2D eigenvalue weighted by Gasteiger charge is -2.55. The lowest BCUT2D eigenvalue weighted by Crippen LogP contribution is -2.61. The maximum Gasteiger partial charge on any atom is 0.251 e. The Kier molecular flexibility index (Phi) is 5.04. The molecule has 1 N–H and O–H groups in total. The molecule has 0 unspecified atom stereocenters. The largest absolute Gasteiger partial charge is 0.356 e. The Morgan fingerprint density at radius 1 is 1.21 bits per heavy atom. The molecule has 4 heterocycles. The van der Waals surface area contributed by atoms with Gasteiger partial charge in [-0.05, 0) is 62.5 Å². The van der Waals surface area contributed by atoms with E-state index in [0.29, 0.717) is 6.04 Å². The predicted molar refractivity (Wildman–Crippen MR) is 112 cm³/mol. The standard InChI is InChI=1S/C23H34N4O/c1-2-4-20-5-3-6-21-18-11-16(14-27(20)21)13-26(15-18)22-12-17(9-10-24-22)23(28)25-19-7-8-19/h9-10,12,16,18-21H,2-8,11,13-15H2,1H3,(H,25,28)/t16-,18+,20-,21-/m0/s1. The third-order valence-corrected chi connectivity index (χ3v) is 7.38. The van der Waals surface area contributed by atoms with Gasteiger partial charge in [0.1, 0.15) is 5.82 Å². The van der Waals surface area contributed by atoms with Crippen molar-refractivity contribution >= 4 is 11.7 Å². The first-order valence-corrected chi connectivity index (χ1v) is 11.5. The van der Waals surface area contributed by atoms with Gasteiger partial charge in [0, 0.05) is 49.5 Å². The molecule has 5 heteroatoms. The number of anilines is 1. The van der Waals surface area contributed by atoms with E-state index in [1.54, 1.807) is 0 Å². The minimum atomic E-state index is 0.0595. The summed E-state index contributed by atoms with van der Waals surface area (Å²) in [5.74, 6) is 2.54. The Hall–Kier alpha value is -1.62. The van der Waals surface area contributed by atoms with Crippen molar-refractivity contribution < 1.29 is 4.79 Å². The Morgan fingerprint density at radius 3 is 2.93 bits per heavy atom. The molecular weight excluding hydrogens is 348 g/mol. The highest BCUT2D eigenvalue weighted by atomic mass is 16.1. The highest BCUT2D eigenvalue weighted by Crippen LogP contribution is 2.41. The van der Waals surface area contributed by atoms with Crippen LogP contribution < -0.4 is 10.2 Å². The summed E-state index contributed by atoms with van der Waals surface area (Å²) >= 11 is 0. The Morgan fingerprint density at radius 2 is 2.11 bits per heavy atom. The molecular formula is C23H34N4O. The summed E-state index contributed by atoms with van der Waals surface area (Å²) in [7, 11) is 0. The number of carbonyl (C=O) groups excluding carboxylic acids is 1. The van der Waals surface area contributed by atoms with Gasteiger partial charge in [-0.1, -0.05) is 19.8 Å². The topological polar surface area (TPSA) is 48.5 Å². The number of aromatic nitrogens is 1. The lowest BCUT2D eigenvalue weighted by atomic mass is 9.74. The molecule has 5 rings (SSSR count).